The molecular formula is C32H26F4N2O6S. The molecule has 1 aliphatic rings. The molecule has 0 unspecified atom stereocenters. The van der Waals surface area contributed by atoms with Gasteiger partial charge in [-0.2, -0.15) is 13.2 Å². The number of ether oxygens (including phenoxy) is 2. The number of carbonyl (C=O) groups is 2. The molecule has 0 spiro atoms. The van der Waals surface area contributed by atoms with E-state index in [1.54, 1.807) is 24.3 Å². The number of sulfonamides is 1. The third kappa shape index (κ3) is 6.63. The minimum atomic E-state index is -4.53. The van der Waals surface area contributed by atoms with E-state index in [4.69, 9.17) is 4.74 Å². The Morgan fingerprint density at radius 3 is 2.36 bits per heavy atom. The first-order valence-electron chi connectivity index (χ1n) is 13.6. The molecule has 13 heteroatoms. The summed E-state index contributed by atoms with van der Waals surface area (Å²) in [5.41, 5.74) is 0.773. The summed E-state index contributed by atoms with van der Waals surface area (Å²) in [5, 5.41) is 2.63. The number of hydrogen-bond acceptors (Lipinski definition) is 6. The van der Waals surface area contributed by atoms with E-state index in [0.717, 1.165) is 22.5 Å². The van der Waals surface area contributed by atoms with Gasteiger partial charge in [-0.1, -0.05) is 42.5 Å². The molecule has 5 rings (SSSR count). The quantitative estimate of drug-likeness (QED) is 0.145. The number of fused-ring (bicyclic) bond motifs is 1. The molecule has 8 nitrogen and oxygen atoms in total. The second-order valence-electron chi connectivity index (χ2n) is 10.0. The largest absolute Gasteiger partial charge is 0.489 e. The maximum Gasteiger partial charge on any atom is 0.416 e. The maximum absolute atomic E-state index is 14.3. The van der Waals surface area contributed by atoms with Crippen molar-refractivity contribution in [2.24, 2.45) is 0 Å². The summed E-state index contributed by atoms with van der Waals surface area (Å²) < 4.78 is 92.6. The minimum absolute atomic E-state index is 0.00282. The first-order chi connectivity index (χ1) is 21.4. The van der Waals surface area contributed by atoms with Crippen LogP contribution in [0.2, 0.25) is 0 Å². The number of nitrogens with one attached hydrogen (secondary N) is 1. The third-order valence-corrected chi connectivity index (χ3v) is 9.01. The van der Waals surface area contributed by atoms with Gasteiger partial charge in [0.1, 0.15) is 12.6 Å². The molecule has 0 aromatic heterocycles. The second kappa shape index (κ2) is 12.6. The van der Waals surface area contributed by atoms with E-state index in [0.29, 0.717) is 16.8 Å². The van der Waals surface area contributed by atoms with Crippen molar-refractivity contribution >= 4 is 27.6 Å². The molecular weight excluding hydrogens is 616 g/mol. The van der Waals surface area contributed by atoms with Gasteiger partial charge >= 0.3 is 12.1 Å². The van der Waals surface area contributed by atoms with Crippen LogP contribution in [0.25, 0.3) is 11.1 Å². The fourth-order valence-corrected chi connectivity index (χ4v) is 6.63. The number of benzene rings is 4. The molecule has 1 heterocycles. The highest BCUT2D eigenvalue weighted by molar-refractivity contribution is 7.93. The predicted octanol–water partition coefficient (Wildman–Crippen LogP) is 5.61. The number of amides is 1. The van der Waals surface area contributed by atoms with Gasteiger partial charge in [0.25, 0.3) is 10.0 Å². The third-order valence-electron chi connectivity index (χ3n) is 7.17. The van der Waals surface area contributed by atoms with E-state index in [-0.39, 0.29) is 41.3 Å². The van der Waals surface area contributed by atoms with Gasteiger partial charge in [-0.25, -0.2) is 17.6 Å². The Morgan fingerprint density at radius 1 is 0.933 bits per heavy atom. The van der Waals surface area contributed by atoms with Gasteiger partial charge in [0.2, 0.25) is 5.91 Å². The van der Waals surface area contributed by atoms with E-state index in [2.05, 4.69) is 10.1 Å². The molecule has 0 saturated heterocycles. The van der Waals surface area contributed by atoms with Crippen LogP contribution in [-0.4, -0.2) is 46.6 Å². The number of para-hydroxylation sites is 1. The van der Waals surface area contributed by atoms with Crippen LogP contribution in [-0.2, 0) is 32.2 Å². The minimum Gasteiger partial charge on any atom is -0.489 e. The van der Waals surface area contributed by atoms with Crippen molar-refractivity contribution in [2.75, 3.05) is 24.6 Å². The lowest BCUT2D eigenvalue weighted by Crippen LogP contribution is -2.48. The van der Waals surface area contributed by atoms with Crippen molar-refractivity contribution < 1.29 is 45.0 Å². The smallest absolute Gasteiger partial charge is 0.416 e. The van der Waals surface area contributed by atoms with Crippen LogP contribution in [0, 0.1) is 5.82 Å². The summed E-state index contributed by atoms with van der Waals surface area (Å²) in [6, 6.07) is 19.2. The molecule has 1 N–H and O–H groups in total. The zero-order chi connectivity index (χ0) is 32.4. The van der Waals surface area contributed by atoms with E-state index < -0.39 is 45.5 Å². The first-order valence-corrected chi connectivity index (χ1v) is 15.0. The number of esters is 1. The number of rotatable bonds is 9. The van der Waals surface area contributed by atoms with E-state index >= 15 is 0 Å². The first kappa shape index (κ1) is 31.5. The highest BCUT2D eigenvalue weighted by atomic mass is 32.2. The van der Waals surface area contributed by atoms with Gasteiger partial charge in [-0.3, -0.25) is 9.10 Å². The number of nitrogens with zero attached hydrogens (tertiary/aromatic N) is 1. The van der Waals surface area contributed by atoms with Crippen molar-refractivity contribution in [2.45, 2.75) is 23.5 Å². The zero-order valence-corrected chi connectivity index (χ0v) is 24.5. The Morgan fingerprint density at radius 2 is 1.67 bits per heavy atom. The average molecular weight is 643 g/mol. The van der Waals surface area contributed by atoms with Crippen LogP contribution in [0.1, 0.15) is 21.5 Å². The number of halogens is 4. The van der Waals surface area contributed by atoms with Gasteiger partial charge in [0.05, 0.1) is 35.4 Å². The van der Waals surface area contributed by atoms with Gasteiger partial charge in [-0.15, -0.1) is 0 Å². The number of alkyl halides is 3. The lowest BCUT2D eigenvalue weighted by Gasteiger charge is -2.26. The Kier molecular flexibility index (Phi) is 8.82. The summed E-state index contributed by atoms with van der Waals surface area (Å²) in [6.07, 6.45) is -4.44. The molecule has 0 radical (unpaired) electrons. The van der Waals surface area contributed by atoms with Crippen LogP contribution < -0.4 is 14.4 Å². The topological polar surface area (TPSA) is 102 Å². The predicted molar refractivity (Wildman–Crippen MR) is 157 cm³/mol. The molecule has 1 aliphatic heterocycles. The molecule has 1 atom stereocenters. The Balaban J connectivity index is 1.31. The lowest BCUT2D eigenvalue weighted by atomic mass is 10.0. The molecule has 234 valence electrons. The van der Waals surface area contributed by atoms with Crippen molar-refractivity contribution in [3.05, 3.63) is 114 Å². The number of hydrogen-bond donors (Lipinski definition) is 1. The zero-order valence-electron chi connectivity index (χ0n) is 23.7. The number of anilines is 1. The molecule has 0 fully saturated rings. The van der Waals surface area contributed by atoms with Crippen LogP contribution >= 0.6 is 0 Å². The molecule has 0 aliphatic carbocycles. The summed E-state index contributed by atoms with van der Waals surface area (Å²) >= 11 is 0. The molecule has 45 heavy (non-hydrogen) atoms. The van der Waals surface area contributed by atoms with E-state index in [1.165, 1.54) is 55.6 Å². The summed E-state index contributed by atoms with van der Waals surface area (Å²) in [4.78, 5) is 24.7. The fourth-order valence-electron chi connectivity index (χ4n) is 4.98. The summed E-state index contributed by atoms with van der Waals surface area (Å²) in [5.74, 6) is -2.27. The number of methoxy groups -OCH3 is 1. The second-order valence-corrected chi connectivity index (χ2v) is 11.8. The van der Waals surface area contributed by atoms with Gasteiger partial charge in [-0.05, 0) is 65.2 Å². The monoisotopic (exact) mass is 642 g/mol. The van der Waals surface area contributed by atoms with Gasteiger partial charge in [0.15, 0.2) is 11.6 Å². The standard InChI is InChI=1S/C32H26F4N2O6S/c1-43-31(40)23-11-14-29(26(33)18-23)44-16-15-37-30(39)28-19-22-5-2-3-8-27(22)38(28)45(41,42)25-12-9-20(10-13-25)21-6-4-7-24(17-21)32(34,35)36/h2-14,17-18,28H,15-16,19H2,1H3,(H,37,39)/t28-/m0/s1. The maximum atomic E-state index is 14.3. The summed E-state index contributed by atoms with van der Waals surface area (Å²) in [7, 11) is -3.13. The Bertz CT molecular complexity index is 1850. The lowest BCUT2D eigenvalue weighted by molar-refractivity contribution is -0.137. The Hall–Kier alpha value is -4.91. The molecule has 0 saturated carbocycles. The Labute approximate surface area is 256 Å². The van der Waals surface area contributed by atoms with Crippen LogP contribution in [0.15, 0.2) is 95.9 Å². The van der Waals surface area contributed by atoms with Crippen molar-refractivity contribution in [1.29, 1.82) is 0 Å². The summed E-state index contributed by atoms with van der Waals surface area (Å²) in [6.45, 7) is -0.229. The molecule has 1 amide bonds. The van der Waals surface area contributed by atoms with Crippen LogP contribution in [0.3, 0.4) is 0 Å². The normalized spacial score (nSPS) is 14.5. The van der Waals surface area contributed by atoms with Crippen molar-refractivity contribution in [3.63, 3.8) is 0 Å². The highest BCUT2D eigenvalue weighted by Crippen LogP contribution is 2.38. The van der Waals surface area contributed by atoms with E-state index in [9.17, 15) is 35.6 Å². The molecule has 4 aromatic rings. The SMILES string of the molecule is COC(=O)c1ccc(OCCNC(=O)[C@@H]2Cc3ccccc3N2S(=O)(=O)c2ccc(-c3cccc(C(F)(F)F)c3)cc2)c(F)c1. The van der Waals surface area contributed by atoms with Crippen molar-refractivity contribution in [3.8, 4) is 16.9 Å². The van der Waals surface area contributed by atoms with Crippen molar-refractivity contribution in [1.82, 2.24) is 5.32 Å². The van der Waals surface area contributed by atoms with Gasteiger partial charge in [0, 0.05) is 6.42 Å². The van der Waals surface area contributed by atoms with Crippen LogP contribution in [0.5, 0.6) is 5.75 Å². The van der Waals surface area contributed by atoms with Crippen LogP contribution in [0.4, 0.5) is 23.2 Å². The molecule has 0 bridgehead atoms. The van der Waals surface area contributed by atoms with E-state index in [1.807, 2.05) is 0 Å². The van der Waals surface area contributed by atoms with Gasteiger partial charge < -0.3 is 14.8 Å². The highest BCUT2D eigenvalue weighted by Gasteiger charge is 2.42. The molecule has 4 aromatic carbocycles. The number of carbonyl (C=O) groups excluding carboxylic acids is 2. The fraction of sp³-hybridized carbons (Fsp3) is 0.188. The average Bonchev–Trinajstić information content (AvgIpc) is 3.44.